The maximum absolute atomic E-state index is 8.02. The number of hydrogen-bond acceptors (Lipinski definition) is 2. The van der Waals surface area contributed by atoms with Gasteiger partial charge in [0.1, 0.15) is 5.28 Å². The molecule has 0 radical (unpaired) electrons. The van der Waals surface area contributed by atoms with Crippen molar-refractivity contribution in [3.05, 3.63) is 40.8 Å². The van der Waals surface area contributed by atoms with Gasteiger partial charge < -0.3 is 9.82 Å². The molecule has 2 aromatic rings. The summed E-state index contributed by atoms with van der Waals surface area (Å²) in [5.74, 6) is 0.444. The van der Waals surface area contributed by atoms with Crippen molar-refractivity contribution in [1.82, 2.24) is 4.98 Å². The van der Waals surface area contributed by atoms with Crippen LogP contribution in [0.4, 0.5) is 0 Å². The van der Waals surface area contributed by atoms with E-state index in [0.29, 0.717) is 5.88 Å². The molecule has 0 aliphatic heterocycles. The minimum Gasteiger partial charge on any atom is -0.376 e. The molecule has 0 unspecified atom stereocenters. The Morgan fingerprint density at radius 2 is 2.23 bits per heavy atom. The van der Waals surface area contributed by atoms with Crippen LogP contribution < -0.4 is 4.84 Å². The lowest BCUT2D eigenvalue weighted by molar-refractivity contribution is 0.322. The summed E-state index contributed by atoms with van der Waals surface area (Å²) in [6.45, 7) is 0. The average Bonchev–Trinajstić information content (AvgIpc) is 2.57. The molecule has 5 nitrogen and oxygen atoms in total. The van der Waals surface area contributed by atoms with Crippen molar-refractivity contribution in [3.8, 4) is 5.88 Å². The second-order valence-corrected chi connectivity index (χ2v) is 2.48. The number of H-pyrrole nitrogens is 1. The minimum absolute atomic E-state index is 0.444. The van der Waals surface area contributed by atoms with Gasteiger partial charge >= 0.3 is 0 Å². The maximum atomic E-state index is 8.02. The summed E-state index contributed by atoms with van der Waals surface area (Å²) in [4.78, 5) is 10.1. The number of nitrogens with zero attached hydrogens (tertiary/aromatic N) is 3. The van der Waals surface area contributed by atoms with Crippen LogP contribution in [0, 0.1) is 0 Å². The van der Waals surface area contributed by atoms with Crippen LogP contribution in [0.2, 0.25) is 0 Å². The zero-order chi connectivity index (χ0) is 9.10. The number of fused-ring (bicyclic) bond motifs is 1. The molecule has 64 valence electrons. The van der Waals surface area contributed by atoms with Gasteiger partial charge in [0, 0.05) is 21.9 Å². The van der Waals surface area contributed by atoms with E-state index >= 15 is 0 Å². The molecule has 0 aliphatic rings. The van der Waals surface area contributed by atoms with Crippen molar-refractivity contribution >= 4 is 10.9 Å². The van der Waals surface area contributed by atoms with Crippen molar-refractivity contribution in [3.63, 3.8) is 0 Å². The number of benzene rings is 1. The monoisotopic (exact) mass is 174 g/mol. The van der Waals surface area contributed by atoms with E-state index < -0.39 is 0 Å². The molecule has 0 saturated carbocycles. The quantitative estimate of drug-likeness (QED) is 0.323. The number of nitrogens with one attached hydrogen (secondary N) is 1. The highest BCUT2D eigenvalue weighted by Gasteiger charge is 1.98. The predicted octanol–water partition coefficient (Wildman–Crippen LogP) is 2.77. The van der Waals surface area contributed by atoms with Crippen molar-refractivity contribution in [2.45, 2.75) is 0 Å². The molecule has 13 heavy (non-hydrogen) atoms. The molecular weight excluding hydrogens is 168 g/mol. The zero-order valence-corrected chi connectivity index (χ0v) is 6.64. The molecule has 0 bridgehead atoms. The van der Waals surface area contributed by atoms with Crippen LogP contribution >= 0.6 is 0 Å². The average molecular weight is 174 g/mol. The highest BCUT2D eigenvalue weighted by atomic mass is 16.6. The van der Waals surface area contributed by atoms with E-state index in [4.69, 9.17) is 10.4 Å². The van der Waals surface area contributed by atoms with E-state index in [9.17, 15) is 0 Å². The third-order valence-corrected chi connectivity index (χ3v) is 1.68. The largest absolute Gasteiger partial charge is 0.376 e. The second-order valence-electron chi connectivity index (χ2n) is 2.48. The first kappa shape index (κ1) is 7.52. The first-order valence-electron chi connectivity index (χ1n) is 3.69. The number of aromatic amines is 1. The van der Waals surface area contributed by atoms with Crippen LogP contribution in [0.25, 0.3) is 21.3 Å². The molecular formula is C8H6N4O. The molecule has 0 spiro atoms. The summed E-state index contributed by atoms with van der Waals surface area (Å²) in [6, 6.07) is 9.46. The lowest BCUT2D eigenvalue weighted by atomic mass is 10.3. The number of rotatable bonds is 2. The number of aromatic nitrogens is 1. The smallest absolute Gasteiger partial charge is 0.207 e. The Morgan fingerprint density at radius 1 is 1.38 bits per heavy atom. The Kier molecular flexibility index (Phi) is 1.78. The van der Waals surface area contributed by atoms with Gasteiger partial charge in [-0.1, -0.05) is 18.2 Å². The molecule has 5 heteroatoms. The van der Waals surface area contributed by atoms with Gasteiger partial charge in [0.05, 0.1) is 0 Å². The van der Waals surface area contributed by atoms with Crippen LogP contribution in [0.5, 0.6) is 5.88 Å². The summed E-state index contributed by atoms with van der Waals surface area (Å²) in [5.41, 5.74) is 8.97. The topological polar surface area (TPSA) is 73.8 Å². The lowest BCUT2D eigenvalue weighted by Crippen LogP contribution is -1.77. The maximum Gasteiger partial charge on any atom is 0.207 e. The Labute approximate surface area is 73.5 Å². The zero-order valence-electron chi connectivity index (χ0n) is 6.64. The Bertz CT molecular complexity index is 437. The Morgan fingerprint density at radius 3 is 3.00 bits per heavy atom. The SMILES string of the molecule is [N-]=[N+]=NOc1cc2ccccc2[nH]1. The fraction of sp³-hybridized carbons (Fsp3) is 0. The normalized spacial score (nSPS) is 9.54. The highest BCUT2D eigenvalue weighted by molar-refractivity contribution is 5.81. The molecule has 2 rings (SSSR count). The Hall–Kier alpha value is -2.13. The van der Waals surface area contributed by atoms with Crippen LogP contribution in [-0.2, 0) is 0 Å². The van der Waals surface area contributed by atoms with Crippen LogP contribution in [0.1, 0.15) is 0 Å². The molecule has 1 aromatic heterocycles. The molecule has 1 aromatic carbocycles. The van der Waals surface area contributed by atoms with Gasteiger partial charge in [0.15, 0.2) is 0 Å². The van der Waals surface area contributed by atoms with Gasteiger partial charge in [-0.15, -0.1) is 0 Å². The number of azide groups is 1. The third kappa shape index (κ3) is 1.40. The summed E-state index contributed by atoms with van der Waals surface area (Å²) < 4.78 is 0. The summed E-state index contributed by atoms with van der Waals surface area (Å²) in [7, 11) is 0. The molecule has 0 amide bonds. The van der Waals surface area contributed by atoms with Crippen molar-refractivity contribution in [2.75, 3.05) is 0 Å². The summed E-state index contributed by atoms with van der Waals surface area (Å²) in [6.07, 6.45) is 0. The molecule has 1 N–H and O–H groups in total. The fourth-order valence-corrected chi connectivity index (χ4v) is 1.16. The van der Waals surface area contributed by atoms with E-state index in [2.05, 4.69) is 15.2 Å². The lowest BCUT2D eigenvalue weighted by Gasteiger charge is -1.87. The van der Waals surface area contributed by atoms with E-state index in [1.807, 2.05) is 24.3 Å². The van der Waals surface area contributed by atoms with Gasteiger partial charge in [0.25, 0.3) is 0 Å². The van der Waals surface area contributed by atoms with Gasteiger partial charge in [-0.25, -0.2) is 0 Å². The fourth-order valence-electron chi connectivity index (χ4n) is 1.16. The molecule has 0 atom stereocenters. The van der Waals surface area contributed by atoms with Gasteiger partial charge in [-0.05, 0) is 11.6 Å². The first-order chi connectivity index (χ1) is 6.40. The number of para-hydroxylation sites is 1. The molecule has 0 aliphatic carbocycles. The van der Waals surface area contributed by atoms with E-state index in [1.54, 1.807) is 6.07 Å². The van der Waals surface area contributed by atoms with E-state index in [0.717, 1.165) is 10.9 Å². The molecule has 1 heterocycles. The second kappa shape index (κ2) is 3.08. The van der Waals surface area contributed by atoms with Crippen molar-refractivity contribution in [2.24, 2.45) is 5.28 Å². The van der Waals surface area contributed by atoms with Crippen LogP contribution in [0.15, 0.2) is 35.6 Å². The molecule has 0 fully saturated rings. The predicted molar refractivity (Wildman–Crippen MR) is 48.1 cm³/mol. The standard InChI is InChI=1S/C8H6N4O/c9-11-12-13-8-5-6-3-1-2-4-7(6)10-8/h1-5,10H. The van der Waals surface area contributed by atoms with E-state index in [1.165, 1.54) is 0 Å². The van der Waals surface area contributed by atoms with Gasteiger partial charge in [-0.2, -0.15) is 0 Å². The summed E-state index contributed by atoms with van der Waals surface area (Å²) >= 11 is 0. The van der Waals surface area contributed by atoms with Crippen molar-refractivity contribution < 1.29 is 4.84 Å². The third-order valence-electron chi connectivity index (χ3n) is 1.68. The highest BCUT2D eigenvalue weighted by Crippen LogP contribution is 2.19. The van der Waals surface area contributed by atoms with E-state index in [-0.39, 0.29) is 0 Å². The minimum atomic E-state index is 0.444. The van der Waals surface area contributed by atoms with Crippen LogP contribution in [-0.4, -0.2) is 4.98 Å². The molecule has 0 saturated heterocycles. The van der Waals surface area contributed by atoms with Gasteiger partial charge in [-0.3, -0.25) is 0 Å². The van der Waals surface area contributed by atoms with Gasteiger partial charge in [0.2, 0.25) is 5.88 Å². The van der Waals surface area contributed by atoms with Crippen molar-refractivity contribution in [1.29, 1.82) is 0 Å². The number of hydrogen-bond donors (Lipinski definition) is 1. The van der Waals surface area contributed by atoms with Crippen LogP contribution in [0.3, 0.4) is 0 Å². The summed E-state index contributed by atoms with van der Waals surface area (Å²) in [5, 5.41) is 4.01. The first-order valence-corrected chi connectivity index (χ1v) is 3.69. The Balaban J connectivity index is 2.43.